The van der Waals surface area contributed by atoms with Gasteiger partial charge in [0, 0.05) is 36.2 Å². The fourth-order valence-electron chi connectivity index (χ4n) is 5.72. The molecule has 8 nitrogen and oxygen atoms in total. The first kappa shape index (κ1) is 49.9. The molecule has 2 radical (unpaired) electrons. The van der Waals surface area contributed by atoms with Gasteiger partial charge in [0.2, 0.25) is 0 Å². The Morgan fingerprint density at radius 2 is 0.645 bits per heavy atom. The summed E-state index contributed by atoms with van der Waals surface area (Å²) in [6.45, 7) is -0.443. The van der Waals surface area contributed by atoms with E-state index < -0.39 is 0 Å². The standard InChI is InChI=1S/2C20H17NO.2C6H6NO.2Cu/c2*22-19-14-8-7-13-18(19)15-21-20(16-9-3-1-4-10-16)17-11-5-2-6-12-17;2*8-5-6-3-1-2-4-7-6;;/h2*1-15,20,22H;2*1-4H,5H2;;/q;;2*-1;2*+2/p-2. The number of benzene rings is 6. The van der Waals surface area contributed by atoms with E-state index in [-0.39, 0.29) is 70.9 Å². The molecule has 62 heavy (non-hydrogen) atoms. The maximum Gasteiger partial charge on any atom is 2.00 e. The van der Waals surface area contributed by atoms with Gasteiger partial charge < -0.3 is 20.4 Å². The van der Waals surface area contributed by atoms with Crippen molar-refractivity contribution in [1.29, 1.82) is 0 Å². The Morgan fingerprint density at radius 1 is 0.371 bits per heavy atom. The van der Waals surface area contributed by atoms with Gasteiger partial charge in [-0.1, -0.05) is 195 Å². The maximum absolute atomic E-state index is 11.8. The number of rotatable bonds is 10. The van der Waals surface area contributed by atoms with Gasteiger partial charge in [-0.15, -0.1) is 11.5 Å². The summed E-state index contributed by atoms with van der Waals surface area (Å²) < 4.78 is 0. The molecule has 0 unspecified atom stereocenters. The SMILES string of the molecule is [Cu+2].[Cu+2].[O-]Cc1ccccn1.[O-]Cc1ccccn1.[O-]c1ccccc1C=NC(c1ccccc1)c1ccccc1.[O-]c1ccccc1C=NC(c1ccccc1)c1ccccc1. The first-order valence-electron chi connectivity index (χ1n) is 19.3. The first-order chi connectivity index (χ1) is 29.6. The zero-order valence-corrected chi connectivity index (χ0v) is 35.4. The fourth-order valence-corrected chi connectivity index (χ4v) is 5.72. The molecule has 0 atom stereocenters. The molecule has 0 bridgehead atoms. The molecule has 6 aromatic carbocycles. The van der Waals surface area contributed by atoms with Crippen molar-refractivity contribution in [3.05, 3.63) is 263 Å². The molecule has 2 heterocycles. The van der Waals surface area contributed by atoms with Gasteiger partial charge in [-0.25, -0.2) is 0 Å². The van der Waals surface area contributed by atoms with Crippen LogP contribution in [-0.2, 0) is 47.4 Å². The number of aromatic nitrogens is 2. The maximum atomic E-state index is 11.8. The summed E-state index contributed by atoms with van der Waals surface area (Å²) in [6, 6.07) is 64.7. The normalized spacial score (nSPS) is 10.3. The van der Waals surface area contributed by atoms with Gasteiger partial charge in [-0.3, -0.25) is 20.0 Å². The van der Waals surface area contributed by atoms with E-state index in [4.69, 9.17) is 0 Å². The first-order valence-corrected chi connectivity index (χ1v) is 19.3. The van der Waals surface area contributed by atoms with Crippen molar-refractivity contribution in [3.63, 3.8) is 0 Å². The molecule has 0 aliphatic carbocycles. The van der Waals surface area contributed by atoms with Crippen molar-refractivity contribution in [3.8, 4) is 11.5 Å². The number of para-hydroxylation sites is 2. The minimum Gasteiger partial charge on any atom is -0.872 e. The summed E-state index contributed by atoms with van der Waals surface area (Å²) in [7, 11) is 0. The Hall–Kier alpha value is -6.48. The van der Waals surface area contributed by atoms with Crippen molar-refractivity contribution in [2.45, 2.75) is 25.3 Å². The predicted molar refractivity (Wildman–Crippen MR) is 232 cm³/mol. The van der Waals surface area contributed by atoms with Crippen molar-refractivity contribution < 1.29 is 54.6 Å². The number of hydrogen-bond acceptors (Lipinski definition) is 8. The second-order valence-electron chi connectivity index (χ2n) is 13.0. The number of nitrogens with zero attached hydrogens (tertiary/aromatic N) is 4. The van der Waals surface area contributed by atoms with Crippen molar-refractivity contribution >= 4 is 12.4 Å². The molecular weight excluding hydrogens is 872 g/mol. The number of hydrogen-bond donors (Lipinski definition) is 0. The third-order valence-electron chi connectivity index (χ3n) is 8.77. The Morgan fingerprint density at radius 3 is 0.887 bits per heavy atom. The zero-order chi connectivity index (χ0) is 42.0. The van der Waals surface area contributed by atoms with Gasteiger partial charge >= 0.3 is 34.1 Å². The van der Waals surface area contributed by atoms with Crippen LogP contribution in [0, 0.1) is 0 Å². The van der Waals surface area contributed by atoms with Crippen LogP contribution in [0.5, 0.6) is 11.5 Å². The number of aliphatic imine (C=N–C) groups is 2. The van der Waals surface area contributed by atoms with Crippen LogP contribution in [0.15, 0.2) is 229 Å². The van der Waals surface area contributed by atoms with Gasteiger partial charge in [-0.05, 0) is 57.6 Å². The van der Waals surface area contributed by atoms with Crippen molar-refractivity contribution in [2.24, 2.45) is 9.98 Å². The minimum atomic E-state index is -0.221. The molecule has 10 heteroatoms. The van der Waals surface area contributed by atoms with Crippen LogP contribution in [0.3, 0.4) is 0 Å². The van der Waals surface area contributed by atoms with Crippen LogP contribution in [0.25, 0.3) is 0 Å². The predicted octanol–water partition coefficient (Wildman–Crippen LogP) is 7.82. The summed E-state index contributed by atoms with van der Waals surface area (Å²) in [4.78, 5) is 16.9. The van der Waals surface area contributed by atoms with Crippen molar-refractivity contribution in [1.82, 2.24) is 9.97 Å². The minimum absolute atomic E-state index is 0. The second-order valence-corrected chi connectivity index (χ2v) is 13.0. The van der Waals surface area contributed by atoms with E-state index in [9.17, 15) is 20.4 Å². The average Bonchev–Trinajstić information content (AvgIpc) is 3.33. The van der Waals surface area contributed by atoms with Gasteiger partial charge in [0.25, 0.3) is 0 Å². The van der Waals surface area contributed by atoms with Crippen LogP contribution >= 0.6 is 0 Å². The summed E-state index contributed by atoms with van der Waals surface area (Å²) in [5.74, 6) is -0.0164. The Bertz CT molecular complexity index is 2180. The monoisotopic (exact) mass is 914 g/mol. The molecular formula is C52H44Cu2N4O4. The molecule has 0 fully saturated rings. The topological polar surface area (TPSA) is 143 Å². The third kappa shape index (κ3) is 16.9. The molecule has 318 valence electrons. The van der Waals surface area contributed by atoms with Crippen LogP contribution in [-0.4, -0.2) is 22.4 Å². The van der Waals surface area contributed by atoms with Crippen LogP contribution in [0.1, 0.15) is 56.9 Å². The Balaban J connectivity index is 0.000000239. The molecule has 2 aromatic heterocycles. The Kier molecular flexibility index (Phi) is 23.2. The molecule has 0 amide bonds. The molecule has 0 saturated heterocycles. The zero-order valence-electron chi connectivity index (χ0n) is 33.5. The van der Waals surface area contributed by atoms with E-state index in [0.29, 0.717) is 22.5 Å². The summed E-state index contributed by atoms with van der Waals surface area (Å²) >= 11 is 0. The smallest absolute Gasteiger partial charge is 0.872 e. The van der Waals surface area contributed by atoms with E-state index in [1.807, 2.05) is 84.9 Å². The third-order valence-corrected chi connectivity index (χ3v) is 8.77. The quantitative estimate of drug-likeness (QED) is 0.101. The van der Waals surface area contributed by atoms with Gasteiger partial charge in [-0.2, -0.15) is 0 Å². The summed E-state index contributed by atoms with van der Waals surface area (Å²) in [5.41, 5.74) is 6.85. The van der Waals surface area contributed by atoms with Gasteiger partial charge in [0.15, 0.2) is 0 Å². The second kappa shape index (κ2) is 28.9. The van der Waals surface area contributed by atoms with E-state index in [2.05, 4.69) is 68.5 Å². The molecule has 0 spiro atoms. The molecule has 0 aliphatic rings. The average molecular weight is 916 g/mol. The molecule has 8 rings (SSSR count). The summed E-state index contributed by atoms with van der Waals surface area (Å²) in [6.07, 6.45) is 6.58. The van der Waals surface area contributed by atoms with E-state index in [0.717, 1.165) is 22.3 Å². The van der Waals surface area contributed by atoms with Crippen LogP contribution in [0.2, 0.25) is 0 Å². The van der Waals surface area contributed by atoms with E-state index >= 15 is 0 Å². The van der Waals surface area contributed by atoms with E-state index in [1.54, 1.807) is 97.6 Å². The molecule has 8 aromatic rings. The van der Waals surface area contributed by atoms with Gasteiger partial charge in [0.05, 0.1) is 12.1 Å². The molecule has 0 aliphatic heterocycles. The molecule has 0 saturated carbocycles. The van der Waals surface area contributed by atoms with Crippen molar-refractivity contribution in [2.75, 3.05) is 0 Å². The largest absolute Gasteiger partial charge is 2.00 e. The van der Waals surface area contributed by atoms with Gasteiger partial charge in [0.1, 0.15) is 0 Å². The summed E-state index contributed by atoms with van der Waals surface area (Å²) in [5, 5.41) is 43.8. The number of pyridine rings is 2. The molecule has 0 N–H and O–H groups in total. The van der Waals surface area contributed by atoms with Crippen LogP contribution in [0.4, 0.5) is 0 Å². The van der Waals surface area contributed by atoms with E-state index in [1.165, 1.54) is 0 Å². The van der Waals surface area contributed by atoms with Crippen LogP contribution < -0.4 is 20.4 Å². The Labute approximate surface area is 385 Å². The fraction of sp³-hybridized carbons (Fsp3) is 0.0769.